The molecule has 0 radical (unpaired) electrons. The first kappa shape index (κ1) is 19.9. The number of esters is 3. The third kappa shape index (κ3) is 2.88. The van der Waals surface area contributed by atoms with Crippen LogP contribution >= 0.6 is 0 Å². The summed E-state index contributed by atoms with van der Waals surface area (Å²) < 4.78 is 17.2. The molecule has 3 fully saturated rings. The molecule has 7 atom stereocenters. The van der Waals surface area contributed by atoms with Crippen molar-refractivity contribution in [2.75, 3.05) is 0 Å². The highest BCUT2D eigenvalue weighted by Crippen LogP contribution is 2.71. The van der Waals surface area contributed by atoms with E-state index in [0.29, 0.717) is 5.92 Å². The Balaban J connectivity index is 2.19. The van der Waals surface area contributed by atoms with E-state index in [1.807, 2.05) is 13.8 Å². The summed E-state index contributed by atoms with van der Waals surface area (Å²) in [5.41, 5.74) is 0.277. The van der Waals surface area contributed by atoms with Crippen molar-refractivity contribution in [3.8, 4) is 0 Å². The molecule has 27 heavy (non-hydrogen) atoms. The minimum Gasteiger partial charge on any atom is -0.458 e. The van der Waals surface area contributed by atoms with Crippen LogP contribution in [-0.4, -0.2) is 36.2 Å². The smallest absolute Gasteiger partial charge is 0.303 e. The molecule has 0 aromatic rings. The van der Waals surface area contributed by atoms with Crippen LogP contribution in [-0.2, 0) is 28.6 Å². The fraction of sp³-hybridized carbons (Fsp3) is 0.762. The number of hydrogen-bond acceptors (Lipinski definition) is 6. The van der Waals surface area contributed by atoms with Gasteiger partial charge in [-0.3, -0.25) is 14.4 Å². The zero-order chi connectivity index (χ0) is 20.3. The van der Waals surface area contributed by atoms with Crippen LogP contribution in [0.25, 0.3) is 0 Å². The minimum absolute atomic E-state index is 0.125. The summed E-state index contributed by atoms with van der Waals surface area (Å²) in [5.74, 6) is -0.748. The standard InChI is InChI=1S/C21H30O6/c1-10-8-14-9-15-16(10)21(14,7)19(27-13(4)24)17(25-11(2)22)18(20(15,5)6)26-12(3)23/h14-19H,1,8-9H2,2-7H3/t14-,15-,16+,17-,18-,19-,21+/m1/s1. The number of allylic oxidation sites excluding steroid dienone is 1. The SMILES string of the molecule is C=C1C[C@@H]2C[C@@H]3[C@H]1[C@@]2(C)[C@H](OC(C)=O)[C@H](OC(C)=O)[C@@H](OC(C)=O)C3(C)C. The van der Waals surface area contributed by atoms with E-state index in [1.54, 1.807) is 0 Å². The van der Waals surface area contributed by atoms with Crippen LogP contribution in [0, 0.1) is 28.6 Å². The summed E-state index contributed by atoms with van der Waals surface area (Å²) in [6.45, 7) is 14.5. The molecule has 6 heteroatoms. The summed E-state index contributed by atoms with van der Waals surface area (Å²) in [6.07, 6.45) is -0.406. The van der Waals surface area contributed by atoms with E-state index in [4.69, 9.17) is 14.2 Å². The van der Waals surface area contributed by atoms with E-state index in [9.17, 15) is 14.4 Å². The number of rotatable bonds is 3. The first-order valence-corrected chi connectivity index (χ1v) is 9.60. The van der Waals surface area contributed by atoms with Gasteiger partial charge in [-0.25, -0.2) is 0 Å². The maximum atomic E-state index is 12.0. The minimum atomic E-state index is -0.850. The van der Waals surface area contributed by atoms with Crippen molar-refractivity contribution in [3.63, 3.8) is 0 Å². The summed E-state index contributed by atoms with van der Waals surface area (Å²) in [7, 11) is 0. The number of carbonyl (C=O) groups is 3. The van der Waals surface area contributed by atoms with Crippen molar-refractivity contribution in [2.24, 2.45) is 28.6 Å². The van der Waals surface area contributed by atoms with Gasteiger partial charge in [-0.1, -0.05) is 32.9 Å². The van der Waals surface area contributed by atoms with Crippen LogP contribution in [0.5, 0.6) is 0 Å². The van der Waals surface area contributed by atoms with Crippen LogP contribution in [0.2, 0.25) is 0 Å². The predicted octanol–water partition coefficient (Wildman–Crippen LogP) is 3.04. The molecule has 6 nitrogen and oxygen atoms in total. The second-order valence-electron chi connectivity index (χ2n) is 9.20. The first-order valence-electron chi connectivity index (χ1n) is 9.60. The highest BCUT2D eigenvalue weighted by molar-refractivity contribution is 5.68. The summed E-state index contributed by atoms with van der Waals surface area (Å²) in [4.78, 5) is 35.8. The largest absolute Gasteiger partial charge is 0.458 e. The molecule has 3 aliphatic carbocycles. The molecule has 4 bridgehead atoms. The van der Waals surface area contributed by atoms with Gasteiger partial charge in [0.15, 0.2) is 6.10 Å². The van der Waals surface area contributed by atoms with Crippen molar-refractivity contribution in [2.45, 2.75) is 72.7 Å². The van der Waals surface area contributed by atoms with E-state index in [0.717, 1.165) is 18.4 Å². The van der Waals surface area contributed by atoms with Crippen molar-refractivity contribution in [1.29, 1.82) is 0 Å². The third-order valence-corrected chi connectivity index (χ3v) is 7.23. The Labute approximate surface area is 160 Å². The highest BCUT2D eigenvalue weighted by Gasteiger charge is 2.71. The number of ether oxygens (including phenoxy) is 3. The molecule has 0 heterocycles. The van der Waals surface area contributed by atoms with Crippen LogP contribution in [0.3, 0.4) is 0 Å². The lowest BCUT2D eigenvalue weighted by Gasteiger charge is -2.45. The van der Waals surface area contributed by atoms with Crippen LogP contribution in [0.4, 0.5) is 0 Å². The van der Waals surface area contributed by atoms with Gasteiger partial charge in [-0.2, -0.15) is 0 Å². The summed E-state index contributed by atoms with van der Waals surface area (Å²) in [6, 6.07) is 0. The Morgan fingerprint density at radius 3 is 1.96 bits per heavy atom. The molecule has 0 N–H and O–H groups in total. The number of hydrogen-bond donors (Lipinski definition) is 0. The lowest BCUT2D eigenvalue weighted by atomic mass is 9.66. The molecule has 3 rings (SSSR count). The summed E-state index contributed by atoms with van der Waals surface area (Å²) in [5, 5.41) is 0. The Kier molecular flexibility index (Phi) is 4.68. The van der Waals surface area contributed by atoms with Crippen LogP contribution in [0.1, 0.15) is 54.4 Å². The topological polar surface area (TPSA) is 78.9 Å². The first-order chi connectivity index (χ1) is 12.4. The molecule has 3 saturated carbocycles. The molecule has 0 saturated heterocycles. The fourth-order valence-corrected chi connectivity index (χ4v) is 6.23. The highest BCUT2D eigenvalue weighted by atomic mass is 16.6. The van der Waals surface area contributed by atoms with Crippen LogP contribution in [0.15, 0.2) is 12.2 Å². The lowest BCUT2D eigenvalue weighted by molar-refractivity contribution is -0.206. The molecule has 0 aromatic heterocycles. The van der Waals surface area contributed by atoms with Crippen molar-refractivity contribution in [1.82, 2.24) is 0 Å². The molecular formula is C21H30O6. The van der Waals surface area contributed by atoms with Crippen LogP contribution < -0.4 is 0 Å². The number of carbonyl (C=O) groups excluding carboxylic acids is 3. The lowest BCUT2D eigenvalue weighted by Crippen LogP contribution is -2.56. The van der Waals surface area contributed by atoms with Gasteiger partial charge in [0.1, 0.15) is 12.2 Å². The zero-order valence-corrected chi connectivity index (χ0v) is 17.0. The maximum absolute atomic E-state index is 12.0. The van der Waals surface area contributed by atoms with E-state index >= 15 is 0 Å². The van der Waals surface area contributed by atoms with Gasteiger partial charge in [0, 0.05) is 31.6 Å². The second-order valence-corrected chi connectivity index (χ2v) is 9.20. The molecular weight excluding hydrogens is 348 g/mol. The molecule has 0 aliphatic heterocycles. The second kappa shape index (κ2) is 6.35. The van der Waals surface area contributed by atoms with Gasteiger partial charge in [0.2, 0.25) is 0 Å². The molecule has 0 spiro atoms. The normalized spacial score (nSPS) is 41.6. The average molecular weight is 378 g/mol. The molecule has 3 aliphatic rings. The van der Waals surface area contributed by atoms with E-state index < -0.39 is 47.0 Å². The zero-order valence-electron chi connectivity index (χ0n) is 17.0. The molecule has 0 amide bonds. The Bertz CT molecular complexity index is 695. The van der Waals surface area contributed by atoms with Gasteiger partial charge < -0.3 is 14.2 Å². The maximum Gasteiger partial charge on any atom is 0.303 e. The van der Waals surface area contributed by atoms with Gasteiger partial charge in [-0.15, -0.1) is 0 Å². The molecule has 0 aromatic carbocycles. The van der Waals surface area contributed by atoms with E-state index in [-0.39, 0.29) is 11.8 Å². The quantitative estimate of drug-likeness (QED) is 0.427. The van der Waals surface area contributed by atoms with E-state index in [1.165, 1.54) is 20.8 Å². The third-order valence-electron chi connectivity index (χ3n) is 7.23. The van der Waals surface area contributed by atoms with E-state index in [2.05, 4.69) is 13.5 Å². The van der Waals surface area contributed by atoms with Crippen molar-refractivity contribution in [3.05, 3.63) is 12.2 Å². The fourth-order valence-electron chi connectivity index (χ4n) is 6.23. The monoisotopic (exact) mass is 378 g/mol. The average Bonchev–Trinajstić information content (AvgIpc) is 2.93. The van der Waals surface area contributed by atoms with Gasteiger partial charge in [0.05, 0.1) is 0 Å². The van der Waals surface area contributed by atoms with Gasteiger partial charge >= 0.3 is 17.9 Å². The Morgan fingerprint density at radius 1 is 0.926 bits per heavy atom. The van der Waals surface area contributed by atoms with Crippen molar-refractivity contribution < 1.29 is 28.6 Å². The molecule has 0 unspecified atom stereocenters. The van der Waals surface area contributed by atoms with Crippen molar-refractivity contribution >= 4 is 17.9 Å². The Hall–Kier alpha value is -1.85. The van der Waals surface area contributed by atoms with Gasteiger partial charge in [0.25, 0.3) is 0 Å². The predicted molar refractivity (Wildman–Crippen MR) is 97.4 cm³/mol. The molecule has 150 valence electrons. The van der Waals surface area contributed by atoms with Gasteiger partial charge in [-0.05, 0) is 30.6 Å². The summed E-state index contributed by atoms with van der Waals surface area (Å²) >= 11 is 0. The Morgan fingerprint density at radius 2 is 1.44 bits per heavy atom.